The number of hydrogen-bond donors (Lipinski definition) is 2. The van der Waals surface area contributed by atoms with E-state index in [4.69, 9.17) is 4.99 Å². The van der Waals surface area contributed by atoms with Gasteiger partial charge in [-0.3, -0.25) is 4.99 Å². The molecule has 6 heteroatoms. The van der Waals surface area contributed by atoms with Crippen LogP contribution in [0, 0.1) is 5.92 Å². The Labute approximate surface area is 151 Å². The Kier molecular flexibility index (Phi) is 9.54. The second kappa shape index (κ2) is 10.9. The molecule has 1 aliphatic heterocycles. The summed E-state index contributed by atoms with van der Waals surface area (Å²) < 4.78 is 2.17. The molecule has 1 aromatic heterocycles. The van der Waals surface area contributed by atoms with E-state index in [1.54, 1.807) is 0 Å². The van der Waals surface area contributed by atoms with Crippen LogP contribution in [0.25, 0.3) is 0 Å². The van der Waals surface area contributed by atoms with E-state index in [-0.39, 0.29) is 24.0 Å². The van der Waals surface area contributed by atoms with Gasteiger partial charge in [-0.25, -0.2) is 0 Å². The van der Waals surface area contributed by atoms with Crippen molar-refractivity contribution in [2.75, 3.05) is 39.8 Å². The summed E-state index contributed by atoms with van der Waals surface area (Å²) in [6.07, 6.45) is 6.78. The number of likely N-dealkylation sites (tertiary alicyclic amines) is 1. The highest BCUT2D eigenvalue weighted by molar-refractivity contribution is 14.0. The molecular formula is C16H30IN5. The molecule has 1 saturated heterocycles. The molecule has 1 fully saturated rings. The van der Waals surface area contributed by atoms with Gasteiger partial charge in [-0.1, -0.05) is 0 Å². The fourth-order valence-electron chi connectivity index (χ4n) is 2.81. The third kappa shape index (κ3) is 7.00. The van der Waals surface area contributed by atoms with Crippen LogP contribution >= 0.6 is 24.0 Å². The molecule has 1 atom stereocenters. The lowest BCUT2D eigenvalue weighted by Gasteiger charge is -2.28. The standard InChI is InChI=1S/C16H29N5.HI/c1-3-17-16(18-8-12-21-10-4-5-11-21)19-13-15-7-6-9-20(2)14-15;/h4-5,10-11,15H,3,6-9,12-14H2,1-2H3,(H2,17,18,19);1H. The average molecular weight is 419 g/mol. The molecule has 1 aromatic rings. The first-order valence-corrected chi connectivity index (χ1v) is 8.09. The summed E-state index contributed by atoms with van der Waals surface area (Å²) in [5, 5.41) is 6.74. The molecule has 2 heterocycles. The van der Waals surface area contributed by atoms with Gasteiger partial charge in [-0.05, 0) is 51.4 Å². The summed E-state index contributed by atoms with van der Waals surface area (Å²) in [4.78, 5) is 7.16. The van der Waals surface area contributed by atoms with Crippen LogP contribution in [0.2, 0.25) is 0 Å². The monoisotopic (exact) mass is 419 g/mol. The Morgan fingerprint density at radius 3 is 2.73 bits per heavy atom. The van der Waals surface area contributed by atoms with Gasteiger partial charge >= 0.3 is 0 Å². The minimum absolute atomic E-state index is 0. The molecule has 0 aromatic carbocycles. The van der Waals surface area contributed by atoms with Gasteiger partial charge in [0, 0.05) is 45.1 Å². The topological polar surface area (TPSA) is 44.6 Å². The van der Waals surface area contributed by atoms with Crippen LogP contribution in [0.4, 0.5) is 0 Å². The largest absolute Gasteiger partial charge is 0.357 e. The van der Waals surface area contributed by atoms with Crippen molar-refractivity contribution < 1.29 is 0 Å². The maximum Gasteiger partial charge on any atom is 0.191 e. The molecule has 0 radical (unpaired) electrons. The molecule has 1 unspecified atom stereocenters. The number of nitrogens with zero attached hydrogens (tertiary/aromatic N) is 3. The number of guanidine groups is 1. The normalized spacial score (nSPS) is 19.5. The van der Waals surface area contributed by atoms with Crippen molar-refractivity contribution in [3.63, 3.8) is 0 Å². The highest BCUT2D eigenvalue weighted by Crippen LogP contribution is 2.14. The fraction of sp³-hybridized carbons (Fsp3) is 0.688. The van der Waals surface area contributed by atoms with Gasteiger partial charge in [-0.2, -0.15) is 0 Å². The second-order valence-corrected chi connectivity index (χ2v) is 5.84. The van der Waals surface area contributed by atoms with Crippen LogP contribution in [0.3, 0.4) is 0 Å². The van der Waals surface area contributed by atoms with E-state index in [0.29, 0.717) is 5.92 Å². The predicted octanol–water partition coefficient (Wildman–Crippen LogP) is 2.00. The first-order valence-electron chi connectivity index (χ1n) is 8.09. The zero-order valence-electron chi connectivity index (χ0n) is 13.8. The number of hydrogen-bond acceptors (Lipinski definition) is 2. The lowest BCUT2D eigenvalue weighted by atomic mass is 9.99. The molecule has 0 spiro atoms. The lowest BCUT2D eigenvalue weighted by molar-refractivity contribution is 0.214. The number of rotatable bonds is 6. The third-order valence-electron chi connectivity index (χ3n) is 3.90. The number of nitrogens with one attached hydrogen (secondary N) is 2. The fourth-order valence-corrected chi connectivity index (χ4v) is 2.81. The minimum Gasteiger partial charge on any atom is -0.357 e. The number of aliphatic imine (C=N–C) groups is 1. The molecule has 2 N–H and O–H groups in total. The average Bonchev–Trinajstić information content (AvgIpc) is 2.98. The van der Waals surface area contributed by atoms with Crippen LogP contribution < -0.4 is 10.6 Å². The Hall–Kier alpha value is -0.760. The van der Waals surface area contributed by atoms with E-state index in [0.717, 1.165) is 32.1 Å². The van der Waals surface area contributed by atoms with Gasteiger partial charge in [-0.15, -0.1) is 24.0 Å². The highest BCUT2D eigenvalue weighted by Gasteiger charge is 2.16. The Bertz CT molecular complexity index is 418. The summed E-state index contributed by atoms with van der Waals surface area (Å²) in [7, 11) is 2.20. The van der Waals surface area contributed by atoms with Crippen molar-refractivity contribution in [1.29, 1.82) is 0 Å². The molecular weight excluding hydrogens is 389 g/mol. The van der Waals surface area contributed by atoms with E-state index < -0.39 is 0 Å². The van der Waals surface area contributed by atoms with E-state index in [1.807, 2.05) is 0 Å². The molecule has 1 aliphatic rings. The van der Waals surface area contributed by atoms with Crippen LogP contribution in [-0.4, -0.2) is 55.2 Å². The number of aromatic nitrogens is 1. The van der Waals surface area contributed by atoms with Crippen molar-refractivity contribution in [3.8, 4) is 0 Å². The van der Waals surface area contributed by atoms with Gasteiger partial charge in [0.1, 0.15) is 0 Å². The molecule has 126 valence electrons. The summed E-state index contributed by atoms with van der Waals surface area (Å²) in [6.45, 7) is 8.19. The van der Waals surface area contributed by atoms with Gasteiger partial charge in [0.15, 0.2) is 5.96 Å². The van der Waals surface area contributed by atoms with Crippen molar-refractivity contribution in [2.45, 2.75) is 26.3 Å². The number of halogens is 1. The molecule has 5 nitrogen and oxygen atoms in total. The van der Waals surface area contributed by atoms with E-state index in [2.05, 4.69) is 58.6 Å². The molecule has 0 bridgehead atoms. The van der Waals surface area contributed by atoms with Gasteiger partial charge < -0.3 is 20.1 Å². The quantitative estimate of drug-likeness (QED) is 0.421. The van der Waals surface area contributed by atoms with Gasteiger partial charge in [0.25, 0.3) is 0 Å². The maximum atomic E-state index is 4.75. The number of piperidine rings is 1. The molecule has 0 amide bonds. The summed E-state index contributed by atoms with van der Waals surface area (Å²) >= 11 is 0. The lowest BCUT2D eigenvalue weighted by Crippen LogP contribution is -2.40. The van der Waals surface area contributed by atoms with Crippen LogP contribution in [-0.2, 0) is 6.54 Å². The molecule has 2 rings (SSSR count). The zero-order valence-corrected chi connectivity index (χ0v) is 16.1. The predicted molar refractivity (Wildman–Crippen MR) is 104 cm³/mol. The molecule has 0 aliphatic carbocycles. The maximum absolute atomic E-state index is 4.75. The first-order chi connectivity index (χ1) is 10.3. The molecule has 22 heavy (non-hydrogen) atoms. The van der Waals surface area contributed by atoms with Gasteiger partial charge in [0.05, 0.1) is 0 Å². The van der Waals surface area contributed by atoms with Crippen LogP contribution in [0.15, 0.2) is 29.5 Å². The van der Waals surface area contributed by atoms with E-state index >= 15 is 0 Å². The minimum atomic E-state index is 0. The van der Waals surface area contributed by atoms with E-state index in [1.165, 1.54) is 25.9 Å². The summed E-state index contributed by atoms with van der Waals surface area (Å²) in [5.74, 6) is 1.64. The SMILES string of the molecule is CCNC(=NCC1CCCN(C)C1)NCCn1cccc1.I. The third-order valence-corrected chi connectivity index (χ3v) is 3.90. The smallest absolute Gasteiger partial charge is 0.191 e. The Morgan fingerprint density at radius 1 is 1.27 bits per heavy atom. The van der Waals surface area contributed by atoms with Crippen molar-refractivity contribution >= 4 is 29.9 Å². The highest BCUT2D eigenvalue weighted by atomic mass is 127. The zero-order chi connectivity index (χ0) is 14.9. The molecule has 0 saturated carbocycles. The second-order valence-electron chi connectivity index (χ2n) is 5.84. The Morgan fingerprint density at radius 2 is 2.05 bits per heavy atom. The van der Waals surface area contributed by atoms with Crippen LogP contribution in [0.1, 0.15) is 19.8 Å². The summed E-state index contributed by atoms with van der Waals surface area (Å²) in [6, 6.07) is 4.11. The van der Waals surface area contributed by atoms with Crippen LogP contribution in [0.5, 0.6) is 0 Å². The van der Waals surface area contributed by atoms with E-state index in [9.17, 15) is 0 Å². The summed E-state index contributed by atoms with van der Waals surface area (Å²) in [5.41, 5.74) is 0. The Balaban J connectivity index is 0.00000242. The van der Waals surface area contributed by atoms with Gasteiger partial charge in [0.2, 0.25) is 0 Å². The first kappa shape index (κ1) is 19.3. The van der Waals surface area contributed by atoms with Crippen molar-refractivity contribution in [2.24, 2.45) is 10.9 Å². The van der Waals surface area contributed by atoms with Crippen molar-refractivity contribution in [1.82, 2.24) is 20.1 Å². The van der Waals surface area contributed by atoms with Crippen molar-refractivity contribution in [3.05, 3.63) is 24.5 Å².